The molecule has 4 N–H and O–H groups in total. The maximum absolute atomic E-state index is 14.0. The molecule has 3 amide bonds. The SMILES string of the molecule is CC(C)CC(NC(=O)[C@H](CCC(=O)NCCc1cccn1C)Cc1ccc2ccccc2c1)C(=O)N[C@H](CC(C)C)[C@H](O)c1nccs1. The summed E-state index contributed by atoms with van der Waals surface area (Å²) in [6.07, 6.45) is 5.33. The highest BCUT2D eigenvalue weighted by atomic mass is 32.1. The van der Waals surface area contributed by atoms with Gasteiger partial charge in [0, 0.05) is 55.8 Å². The van der Waals surface area contributed by atoms with Crippen LogP contribution in [0.15, 0.2) is 72.4 Å². The first-order chi connectivity index (χ1) is 23.0. The molecule has 48 heavy (non-hydrogen) atoms. The van der Waals surface area contributed by atoms with Gasteiger partial charge in [-0.3, -0.25) is 14.4 Å². The Bertz CT molecular complexity index is 1620. The zero-order valence-corrected chi connectivity index (χ0v) is 29.6. The fraction of sp³-hybridized carbons (Fsp3) is 0.474. The molecule has 9 nitrogen and oxygen atoms in total. The van der Waals surface area contributed by atoms with Crippen LogP contribution in [0.4, 0.5) is 0 Å². The van der Waals surface area contributed by atoms with Crippen LogP contribution in [0, 0.1) is 17.8 Å². The zero-order chi connectivity index (χ0) is 34.6. The summed E-state index contributed by atoms with van der Waals surface area (Å²) in [5.41, 5.74) is 2.12. The Hall–Kier alpha value is -4.02. The second-order valence-electron chi connectivity index (χ2n) is 13.6. The van der Waals surface area contributed by atoms with E-state index in [0.717, 1.165) is 28.5 Å². The number of aliphatic hydroxyl groups is 1. The summed E-state index contributed by atoms with van der Waals surface area (Å²) < 4.78 is 2.03. The molecule has 0 saturated heterocycles. The molecule has 2 aromatic heterocycles. The summed E-state index contributed by atoms with van der Waals surface area (Å²) in [6, 6.07) is 16.9. The quantitative estimate of drug-likeness (QED) is 0.107. The third-order valence-electron chi connectivity index (χ3n) is 8.62. The Morgan fingerprint density at radius 1 is 0.917 bits per heavy atom. The third kappa shape index (κ3) is 11.0. The van der Waals surface area contributed by atoms with E-state index in [1.165, 1.54) is 11.3 Å². The Labute approximate surface area is 288 Å². The molecular weight excluding hydrogens is 623 g/mol. The summed E-state index contributed by atoms with van der Waals surface area (Å²) in [5.74, 6) is -0.887. The van der Waals surface area contributed by atoms with Gasteiger partial charge in [-0.25, -0.2) is 4.98 Å². The van der Waals surface area contributed by atoms with Gasteiger partial charge in [-0.05, 0) is 66.0 Å². The molecule has 4 rings (SSSR count). The van der Waals surface area contributed by atoms with Crippen LogP contribution >= 0.6 is 11.3 Å². The molecule has 4 atom stereocenters. The lowest BCUT2D eigenvalue weighted by Crippen LogP contribution is -2.53. The highest BCUT2D eigenvalue weighted by molar-refractivity contribution is 7.09. The van der Waals surface area contributed by atoms with Crippen LogP contribution in [0.25, 0.3) is 10.8 Å². The highest BCUT2D eigenvalue weighted by Gasteiger charge is 2.31. The van der Waals surface area contributed by atoms with Crippen molar-refractivity contribution in [2.24, 2.45) is 24.8 Å². The minimum absolute atomic E-state index is 0.107. The molecule has 2 heterocycles. The summed E-state index contributed by atoms with van der Waals surface area (Å²) in [6.45, 7) is 8.61. The number of nitrogens with one attached hydrogen (secondary N) is 3. The number of fused-ring (bicyclic) bond motifs is 1. The van der Waals surface area contributed by atoms with Crippen LogP contribution in [0.3, 0.4) is 0 Å². The fourth-order valence-electron chi connectivity index (χ4n) is 6.06. The van der Waals surface area contributed by atoms with Gasteiger partial charge >= 0.3 is 0 Å². The molecule has 0 spiro atoms. The molecule has 0 aliphatic carbocycles. The molecule has 0 aliphatic rings. The molecule has 1 unspecified atom stereocenters. The number of nitrogens with zero attached hydrogens (tertiary/aromatic N) is 2. The largest absolute Gasteiger partial charge is 0.384 e. The third-order valence-corrected chi connectivity index (χ3v) is 9.47. The first kappa shape index (κ1) is 36.8. The number of hydrogen-bond acceptors (Lipinski definition) is 6. The van der Waals surface area contributed by atoms with E-state index >= 15 is 0 Å². The number of benzene rings is 2. The molecule has 4 aromatic rings. The van der Waals surface area contributed by atoms with E-state index in [1.807, 2.05) is 88.0 Å². The Morgan fingerprint density at radius 3 is 2.33 bits per heavy atom. The van der Waals surface area contributed by atoms with Crippen LogP contribution in [-0.2, 0) is 34.3 Å². The van der Waals surface area contributed by atoms with E-state index in [9.17, 15) is 19.5 Å². The molecule has 0 radical (unpaired) electrons. The minimum atomic E-state index is -0.951. The van der Waals surface area contributed by atoms with Crippen molar-refractivity contribution in [1.82, 2.24) is 25.5 Å². The Morgan fingerprint density at radius 2 is 1.67 bits per heavy atom. The van der Waals surface area contributed by atoms with Gasteiger partial charge < -0.3 is 25.6 Å². The van der Waals surface area contributed by atoms with Gasteiger partial charge in [0.1, 0.15) is 17.2 Å². The summed E-state index contributed by atoms with van der Waals surface area (Å²) >= 11 is 1.35. The average molecular weight is 674 g/mol. The van der Waals surface area contributed by atoms with Crippen LogP contribution < -0.4 is 16.0 Å². The summed E-state index contributed by atoms with van der Waals surface area (Å²) in [7, 11) is 1.98. The lowest BCUT2D eigenvalue weighted by Gasteiger charge is -2.29. The zero-order valence-electron chi connectivity index (χ0n) is 28.8. The smallest absolute Gasteiger partial charge is 0.242 e. The number of hydrogen-bond donors (Lipinski definition) is 4. The van der Waals surface area contributed by atoms with E-state index in [1.54, 1.807) is 11.6 Å². The van der Waals surface area contributed by atoms with E-state index in [0.29, 0.717) is 37.2 Å². The van der Waals surface area contributed by atoms with E-state index in [-0.39, 0.29) is 36.0 Å². The van der Waals surface area contributed by atoms with Crippen LogP contribution in [0.1, 0.15) is 75.7 Å². The first-order valence-corrected chi connectivity index (χ1v) is 17.9. The van der Waals surface area contributed by atoms with E-state index in [2.05, 4.69) is 33.1 Å². The minimum Gasteiger partial charge on any atom is -0.384 e. The second-order valence-corrected chi connectivity index (χ2v) is 14.5. The van der Waals surface area contributed by atoms with Gasteiger partial charge in [-0.1, -0.05) is 70.2 Å². The van der Waals surface area contributed by atoms with Crippen LogP contribution in [0.2, 0.25) is 0 Å². The maximum Gasteiger partial charge on any atom is 0.242 e. The van der Waals surface area contributed by atoms with Crippen molar-refractivity contribution in [3.8, 4) is 0 Å². The van der Waals surface area contributed by atoms with Crippen molar-refractivity contribution in [1.29, 1.82) is 0 Å². The van der Waals surface area contributed by atoms with Crippen molar-refractivity contribution in [3.63, 3.8) is 0 Å². The van der Waals surface area contributed by atoms with Crippen LogP contribution in [0.5, 0.6) is 0 Å². The fourth-order valence-corrected chi connectivity index (χ4v) is 6.75. The number of carbonyl (C=O) groups excluding carboxylic acids is 3. The number of amides is 3. The molecule has 258 valence electrons. The number of aromatic nitrogens is 2. The monoisotopic (exact) mass is 673 g/mol. The van der Waals surface area contributed by atoms with Gasteiger partial charge in [0.05, 0.1) is 6.04 Å². The maximum atomic E-state index is 14.0. The average Bonchev–Trinajstić information content (AvgIpc) is 3.73. The number of carbonyl (C=O) groups is 3. The molecule has 10 heteroatoms. The Balaban J connectivity index is 1.48. The molecule has 0 saturated carbocycles. The van der Waals surface area contributed by atoms with Gasteiger partial charge in [-0.2, -0.15) is 0 Å². The van der Waals surface area contributed by atoms with Crippen molar-refractivity contribution in [2.75, 3.05) is 6.54 Å². The Kier molecular flexibility index (Phi) is 13.8. The van der Waals surface area contributed by atoms with Gasteiger partial charge in [0.15, 0.2) is 0 Å². The normalized spacial score (nSPS) is 14.1. The van der Waals surface area contributed by atoms with Crippen molar-refractivity contribution < 1.29 is 19.5 Å². The highest BCUT2D eigenvalue weighted by Crippen LogP contribution is 2.25. The van der Waals surface area contributed by atoms with Crippen molar-refractivity contribution in [3.05, 3.63) is 88.6 Å². The molecule has 0 bridgehead atoms. The molecule has 0 fully saturated rings. The van der Waals surface area contributed by atoms with Gasteiger partial charge in [0.2, 0.25) is 17.7 Å². The number of thiazole rings is 1. The van der Waals surface area contributed by atoms with E-state index in [4.69, 9.17) is 0 Å². The van der Waals surface area contributed by atoms with E-state index < -0.39 is 24.1 Å². The molecule has 0 aliphatic heterocycles. The number of aliphatic hydroxyl groups excluding tert-OH is 1. The van der Waals surface area contributed by atoms with Gasteiger partial charge in [0.25, 0.3) is 0 Å². The summed E-state index contributed by atoms with van der Waals surface area (Å²) in [4.78, 5) is 45.0. The second kappa shape index (κ2) is 17.9. The predicted molar refractivity (Wildman–Crippen MR) is 192 cm³/mol. The molecular formula is C38H51N5O4S. The lowest BCUT2D eigenvalue weighted by atomic mass is 9.91. The topological polar surface area (TPSA) is 125 Å². The lowest BCUT2D eigenvalue weighted by molar-refractivity contribution is -0.132. The standard InChI is InChI=1S/C38H51N5O4S/c1-25(2)21-32(35(45)38-40-18-20-48-38)41-37(47)33(22-26(3)4)42-36(46)30(24-27-12-13-28-9-6-7-10-29(28)23-27)14-15-34(44)39-17-16-31-11-8-19-43(31)5/h6-13,18-20,23,25-26,30,32-33,35,45H,14-17,21-22,24H2,1-5H3,(H,39,44)(H,41,47)(H,42,46)/t30-,32-,33?,35+/m1/s1. The summed E-state index contributed by atoms with van der Waals surface area (Å²) in [5, 5.41) is 24.7. The van der Waals surface area contributed by atoms with Gasteiger partial charge in [-0.15, -0.1) is 11.3 Å². The predicted octanol–water partition coefficient (Wildman–Crippen LogP) is 5.73. The first-order valence-electron chi connectivity index (χ1n) is 17.0. The van der Waals surface area contributed by atoms with Crippen molar-refractivity contribution in [2.45, 2.75) is 84.4 Å². The number of rotatable bonds is 18. The van der Waals surface area contributed by atoms with Crippen molar-refractivity contribution >= 4 is 39.8 Å². The van der Waals surface area contributed by atoms with Crippen LogP contribution in [-0.4, -0.2) is 51.0 Å². The number of aryl methyl sites for hydroxylation is 1. The molecule has 2 aromatic carbocycles.